The van der Waals surface area contributed by atoms with Gasteiger partial charge in [0, 0.05) is 16.8 Å². The SMILES string of the molecule is c1ccc(-c2ccc(Nc3cccc4cc5ccccc5cc34)cc2)cc1. The molecule has 5 aromatic rings. The Bertz CT molecular complexity index is 1220. The van der Waals surface area contributed by atoms with Gasteiger partial charge >= 0.3 is 0 Å². The molecule has 0 atom stereocenters. The Hall–Kier alpha value is -3.58. The highest BCUT2D eigenvalue weighted by atomic mass is 14.9. The van der Waals surface area contributed by atoms with E-state index in [2.05, 4.69) is 108 Å². The second-order valence-electron chi connectivity index (χ2n) is 6.79. The van der Waals surface area contributed by atoms with Crippen molar-refractivity contribution in [2.24, 2.45) is 0 Å². The zero-order chi connectivity index (χ0) is 18.1. The summed E-state index contributed by atoms with van der Waals surface area (Å²) in [5.41, 5.74) is 4.69. The van der Waals surface area contributed by atoms with Crippen LogP contribution in [0.2, 0.25) is 0 Å². The smallest absolute Gasteiger partial charge is 0.0464 e. The Morgan fingerprint density at radius 2 is 1.07 bits per heavy atom. The lowest BCUT2D eigenvalue weighted by atomic mass is 10.0. The van der Waals surface area contributed by atoms with Gasteiger partial charge in [-0.1, -0.05) is 78.9 Å². The van der Waals surface area contributed by atoms with Crippen molar-refractivity contribution < 1.29 is 0 Å². The standard InChI is InChI=1S/C26H19N/c1-2-7-19(8-3-1)20-13-15-24(16-14-20)27-26-12-6-11-23-17-21-9-4-5-10-22(21)18-25(23)26/h1-18,27H. The third-order valence-corrected chi connectivity index (χ3v) is 5.02. The highest BCUT2D eigenvalue weighted by molar-refractivity contribution is 6.04. The molecule has 0 aliphatic carbocycles. The van der Waals surface area contributed by atoms with Crippen LogP contribution in [0, 0.1) is 0 Å². The van der Waals surface area contributed by atoms with Crippen molar-refractivity contribution in [2.45, 2.75) is 0 Å². The molecule has 27 heavy (non-hydrogen) atoms. The van der Waals surface area contributed by atoms with Crippen molar-refractivity contribution in [1.29, 1.82) is 0 Å². The van der Waals surface area contributed by atoms with Crippen LogP contribution in [0.4, 0.5) is 11.4 Å². The summed E-state index contributed by atoms with van der Waals surface area (Å²) in [6.07, 6.45) is 0. The van der Waals surface area contributed by atoms with E-state index in [-0.39, 0.29) is 0 Å². The van der Waals surface area contributed by atoms with E-state index in [0.717, 1.165) is 11.4 Å². The van der Waals surface area contributed by atoms with Crippen LogP contribution in [0.3, 0.4) is 0 Å². The fourth-order valence-corrected chi connectivity index (χ4v) is 3.61. The van der Waals surface area contributed by atoms with Gasteiger partial charge in [-0.15, -0.1) is 0 Å². The highest BCUT2D eigenvalue weighted by Gasteiger charge is 2.04. The van der Waals surface area contributed by atoms with Gasteiger partial charge in [0.15, 0.2) is 0 Å². The first-order valence-corrected chi connectivity index (χ1v) is 9.21. The second kappa shape index (κ2) is 6.62. The van der Waals surface area contributed by atoms with Gasteiger partial charge in [-0.3, -0.25) is 0 Å². The van der Waals surface area contributed by atoms with Crippen LogP contribution in [0.25, 0.3) is 32.7 Å². The van der Waals surface area contributed by atoms with Crippen LogP contribution in [-0.4, -0.2) is 0 Å². The molecule has 0 unspecified atom stereocenters. The average molecular weight is 345 g/mol. The number of fused-ring (bicyclic) bond motifs is 2. The monoisotopic (exact) mass is 345 g/mol. The van der Waals surface area contributed by atoms with E-state index >= 15 is 0 Å². The molecule has 128 valence electrons. The Morgan fingerprint density at radius 1 is 0.444 bits per heavy atom. The van der Waals surface area contributed by atoms with Crippen LogP contribution in [-0.2, 0) is 0 Å². The molecule has 0 spiro atoms. The average Bonchev–Trinajstić information content (AvgIpc) is 2.74. The molecule has 0 bridgehead atoms. The van der Waals surface area contributed by atoms with Crippen LogP contribution < -0.4 is 5.32 Å². The summed E-state index contributed by atoms with van der Waals surface area (Å²) in [6.45, 7) is 0. The third-order valence-electron chi connectivity index (χ3n) is 5.02. The molecule has 0 amide bonds. The lowest BCUT2D eigenvalue weighted by Crippen LogP contribution is -1.91. The summed E-state index contributed by atoms with van der Waals surface area (Å²) in [4.78, 5) is 0. The maximum Gasteiger partial charge on any atom is 0.0464 e. The highest BCUT2D eigenvalue weighted by Crippen LogP contribution is 2.31. The molecule has 0 fully saturated rings. The Kier molecular flexibility index (Phi) is 3.84. The zero-order valence-corrected chi connectivity index (χ0v) is 14.9. The maximum atomic E-state index is 3.59. The lowest BCUT2D eigenvalue weighted by Gasteiger charge is -2.12. The quantitative estimate of drug-likeness (QED) is 0.336. The van der Waals surface area contributed by atoms with Crippen LogP contribution >= 0.6 is 0 Å². The van der Waals surface area contributed by atoms with Crippen molar-refractivity contribution in [3.8, 4) is 11.1 Å². The van der Waals surface area contributed by atoms with Gasteiger partial charge in [0.25, 0.3) is 0 Å². The lowest BCUT2D eigenvalue weighted by molar-refractivity contribution is 1.56. The van der Waals surface area contributed by atoms with Crippen molar-refractivity contribution >= 4 is 32.9 Å². The summed E-state index contributed by atoms with van der Waals surface area (Å²) < 4.78 is 0. The summed E-state index contributed by atoms with van der Waals surface area (Å²) in [6, 6.07) is 38.5. The van der Waals surface area contributed by atoms with Gasteiger partial charge < -0.3 is 5.32 Å². The molecule has 0 heterocycles. The Labute approximate surface area is 158 Å². The third kappa shape index (κ3) is 3.04. The molecule has 1 N–H and O–H groups in total. The minimum Gasteiger partial charge on any atom is -0.355 e. The predicted molar refractivity (Wildman–Crippen MR) is 117 cm³/mol. The normalized spacial score (nSPS) is 11.0. The topological polar surface area (TPSA) is 12.0 Å². The molecular weight excluding hydrogens is 326 g/mol. The van der Waals surface area contributed by atoms with E-state index < -0.39 is 0 Å². The molecule has 1 nitrogen and oxygen atoms in total. The van der Waals surface area contributed by atoms with Crippen molar-refractivity contribution in [2.75, 3.05) is 5.32 Å². The zero-order valence-electron chi connectivity index (χ0n) is 14.9. The van der Waals surface area contributed by atoms with E-state index in [1.807, 2.05) is 6.07 Å². The maximum absolute atomic E-state index is 3.59. The fraction of sp³-hybridized carbons (Fsp3) is 0. The predicted octanol–water partition coefficient (Wildman–Crippen LogP) is 7.40. The molecule has 0 aliphatic rings. The summed E-state index contributed by atoms with van der Waals surface area (Å²) in [5, 5.41) is 8.61. The summed E-state index contributed by atoms with van der Waals surface area (Å²) in [7, 11) is 0. The van der Waals surface area contributed by atoms with Crippen molar-refractivity contribution in [1.82, 2.24) is 0 Å². The van der Waals surface area contributed by atoms with Crippen LogP contribution in [0.15, 0.2) is 109 Å². The number of hydrogen-bond donors (Lipinski definition) is 1. The second-order valence-corrected chi connectivity index (χ2v) is 6.79. The number of nitrogens with one attached hydrogen (secondary N) is 1. The van der Waals surface area contributed by atoms with E-state index in [1.54, 1.807) is 0 Å². The summed E-state index contributed by atoms with van der Waals surface area (Å²) in [5.74, 6) is 0. The van der Waals surface area contributed by atoms with Crippen LogP contribution in [0.5, 0.6) is 0 Å². The minimum absolute atomic E-state index is 1.09. The number of rotatable bonds is 3. The number of benzene rings is 5. The van der Waals surface area contributed by atoms with E-state index in [9.17, 15) is 0 Å². The number of anilines is 2. The fourth-order valence-electron chi connectivity index (χ4n) is 3.61. The Balaban J connectivity index is 1.51. The van der Waals surface area contributed by atoms with Gasteiger partial charge in [-0.2, -0.15) is 0 Å². The van der Waals surface area contributed by atoms with Gasteiger partial charge in [0.05, 0.1) is 0 Å². The largest absolute Gasteiger partial charge is 0.355 e. The molecule has 5 aromatic carbocycles. The van der Waals surface area contributed by atoms with Crippen LogP contribution in [0.1, 0.15) is 0 Å². The first-order valence-electron chi connectivity index (χ1n) is 9.21. The molecule has 5 rings (SSSR count). The van der Waals surface area contributed by atoms with E-state index in [4.69, 9.17) is 0 Å². The molecule has 0 saturated heterocycles. The summed E-state index contributed by atoms with van der Waals surface area (Å²) >= 11 is 0. The first-order chi connectivity index (χ1) is 13.4. The molecule has 0 aromatic heterocycles. The van der Waals surface area contributed by atoms with Gasteiger partial charge in [0.1, 0.15) is 0 Å². The molecule has 0 saturated carbocycles. The Morgan fingerprint density at radius 3 is 1.85 bits per heavy atom. The van der Waals surface area contributed by atoms with E-state index in [1.165, 1.54) is 32.7 Å². The van der Waals surface area contributed by atoms with Crippen molar-refractivity contribution in [3.63, 3.8) is 0 Å². The van der Waals surface area contributed by atoms with E-state index in [0.29, 0.717) is 0 Å². The number of hydrogen-bond acceptors (Lipinski definition) is 1. The van der Waals surface area contributed by atoms with Gasteiger partial charge in [0.2, 0.25) is 0 Å². The van der Waals surface area contributed by atoms with Gasteiger partial charge in [-0.25, -0.2) is 0 Å². The molecular formula is C26H19N. The minimum atomic E-state index is 1.09. The molecule has 0 aliphatic heterocycles. The van der Waals surface area contributed by atoms with Crippen molar-refractivity contribution in [3.05, 3.63) is 109 Å². The molecule has 0 radical (unpaired) electrons. The van der Waals surface area contributed by atoms with Gasteiger partial charge in [-0.05, 0) is 57.6 Å². The first kappa shape index (κ1) is 15.7. The molecule has 1 heteroatoms.